The van der Waals surface area contributed by atoms with E-state index in [2.05, 4.69) is 5.32 Å². The fourth-order valence-corrected chi connectivity index (χ4v) is 3.59. The molecule has 0 aliphatic carbocycles. The van der Waals surface area contributed by atoms with Crippen LogP contribution in [0.5, 0.6) is 5.75 Å². The molecule has 2 aromatic rings. The lowest BCUT2D eigenvalue weighted by molar-refractivity contribution is -0.139. The number of benzene rings is 1. The van der Waals surface area contributed by atoms with Crippen LogP contribution >= 0.6 is 11.3 Å². The molecule has 2 heterocycles. The van der Waals surface area contributed by atoms with Gasteiger partial charge in [0.05, 0.1) is 18.5 Å². The van der Waals surface area contributed by atoms with Crippen LogP contribution in [0.1, 0.15) is 23.0 Å². The minimum absolute atomic E-state index is 0.0689. The van der Waals surface area contributed by atoms with Gasteiger partial charge in [-0.05, 0) is 17.5 Å². The number of rotatable bonds is 6. The standard InChI is InChI=1S/C17H20BNO6S/c20-16(8-11-4-3-7-26-11)19-15-10-24-13-6-2-1-5-12(13)14(9-17(21)22)25-18(15)23/h1-7,14-16,19-20,23H,8-10H2,(H,21,22). The minimum atomic E-state index is -1.33. The number of carbonyl (C=O) groups is 1. The number of para-hydroxylation sites is 1. The van der Waals surface area contributed by atoms with Gasteiger partial charge in [0.2, 0.25) is 0 Å². The molecule has 7 nitrogen and oxygen atoms in total. The molecule has 9 heteroatoms. The highest BCUT2D eigenvalue weighted by Gasteiger charge is 2.36. The van der Waals surface area contributed by atoms with Crippen molar-refractivity contribution in [1.29, 1.82) is 0 Å². The average molecular weight is 377 g/mol. The maximum atomic E-state index is 11.2. The lowest BCUT2D eigenvalue weighted by Crippen LogP contribution is -2.54. The molecular formula is C17H20BNO6S. The lowest BCUT2D eigenvalue weighted by Gasteiger charge is -2.31. The highest BCUT2D eigenvalue weighted by atomic mass is 32.1. The van der Waals surface area contributed by atoms with E-state index in [0.29, 0.717) is 17.7 Å². The molecule has 0 fully saturated rings. The third kappa shape index (κ3) is 4.83. The zero-order chi connectivity index (χ0) is 18.5. The molecule has 3 rings (SSSR count). The monoisotopic (exact) mass is 377 g/mol. The lowest BCUT2D eigenvalue weighted by atomic mass is 9.77. The summed E-state index contributed by atoms with van der Waals surface area (Å²) in [5.41, 5.74) is 0.575. The fraction of sp³-hybridized carbons (Fsp3) is 0.353. The molecule has 3 unspecified atom stereocenters. The third-order valence-corrected chi connectivity index (χ3v) is 4.97. The van der Waals surface area contributed by atoms with Gasteiger partial charge in [0.15, 0.2) is 0 Å². The summed E-state index contributed by atoms with van der Waals surface area (Å²) in [6.07, 6.45) is -1.66. The van der Waals surface area contributed by atoms with E-state index >= 15 is 0 Å². The quantitative estimate of drug-likeness (QED) is 0.443. The van der Waals surface area contributed by atoms with Crippen LogP contribution in [0.3, 0.4) is 0 Å². The van der Waals surface area contributed by atoms with Gasteiger partial charge in [0.25, 0.3) is 0 Å². The van der Waals surface area contributed by atoms with E-state index in [1.54, 1.807) is 24.3 Å². The van der Waals surface area contributed by atoms with E-state index in [9.17, 15) is 14.9 Å². The van der Waals surface area contributed by atoms with Crippen molar-refractivity contribution in [2.75, 3.05) is 6.61 Å². The maximum absolute atomic E-state index is 11.2. The first kappa shape index (κ1) is 18.9. The van der Waals surface area contributed by atoms with Crippen molar-refractivity contribution in [3.63, 3.8) is 0 Å². The Hall–Kier alpha value is -1.91. The Balaban J connectivity index is 1.72. The molecule has 0 radical (unpaired) electrons. The predicted octanol–water partition coefficient (Wildman–Crippen LogP) is 1.21. The van der Waals surface area contributed by atoms with Gasteiger partial charge in [-0.1, -0.05) is 24.3 Å². The van der Waals surface area contributed by atoms with Crippen LogP contribution in [0, 0.1) is 0 Å². The van der Waals surface area contributed by atoms with Gasteiger partial charge in [-0.3, -0.25) is 10.1 Å². The van der Waals surface area contributed by atoms with Crippen molar-refractivity contribution in [1.82, 2.24) is 5.32 Å². The maximum Gasteiger partial charge on any atom is 0.476 e. The second-order valence-corrected chi connectivity index (χ2v) is 7.07. The molecule has 0 bridgehead atoms. The first-order chi connectivity index (χ1) is 12.5. The first-order valence-corrected chi connectivity index (χ1v) is 9.14. The average Bonchev–Trinajstić information content (AvgIpc) is 3.09. The minimum Gasteiger partial charge on any atom is -0.492 e. The number of fused-ring (bicyclic) bond motifs is 1. The van der Waals surface area contributed by atoms with E-state index in [-0.39, 0.29) is 13.0 Å². The van der Waals surface area contributed by atoms with Crippen molar-refractivity contribution in [3.8, 4) is 5.75 Å². The number of carboxylic acids is 1. The predicted molar refractivity (Wildman–Crippen MR) is 96.9 cm³/mol. The Kier molecular flexibility index (Phi) is 6.28. The summed E-state index contributed by atoms with van der Waals surface area (Å²) in [4.78, 5) is 12.2. The highest BCUT2D eigenvalue weighted by molar-refractivity contribution is 7.09. The molecule has 0 saturated carbocycles. The molecular weight excluding hydrogens is 357 g/mol. The highest BCUT2D eigenvalue weighted by Crippen LogP contribution is 2.32. The van der Waals surface area contributed by atoms with E-state index in [0.717, 1.165) is 4.88 Å². The van der Waals surface area contributed by atoms with E-state index < -0.39 is 31.4 Å². The van der Waals surface area contributed by atoms with Crippen molar-refractivity contribution < 1.29 is 29.4 Å². The Bertz CT molecular complexity index is 728. The van der Waals surface area contributed by atoms with Crippen molar-refractivity contribution in [3.05, 3.63) is 52.2 Å². The number of aliphatic hydroxyl groups is 1. The zero-order valence-electron chi connectivity index (χ0n) is 13.9. The summed E-state index contributed by atoms with van der Waals surface area (Å²) in [5, 5.41) is 34.6. The smallest absolute Gasteiger partial charge is 0.476 e. The van der Waals surface area contributed by atoms with Crippen molar-refractivity contribution in [2.45, 2.75) is 31.1 Å². The Labute approximate surface area is 155 Å². The van der Waals surface area contributed by atoms with Gasteiger partial charge in [-0.2, -0.15) is 0 Å². The molecule has 1 aromatic carbocycles. The van der Waals surface area contributed by atoms with E-state index in [1.807, 2.05) is 17.5 Å². The number of carboxylic acid groups (broad SMARTS) is 1. The van der Waals surface area contributed by atoms with Gasteiger partial charge in [0.1, 0.15) is 18.6 Å². The fourth-order valence-electron chi connectivity index (χ4n) is 2.85. The topological polar surface area (TPSA) is 108 Å². The Morgan fingerprint density at radius 1 is 1.35 bits per heavy atom. The van der Waals surface area contributed by atoms with Crippen molar-refractivity contribution in [2.24, 2.45) is 0 Å². The van der Waals surface area contributed by atoms with Gasteiger partial charge in [0, 0.05) is 16.9 Å². The summed E-state index contributed by atoms with van der Waals surface area (Å²) in [5.74, 6) is -1.25. The number of aliphatic carboxylic acids is 1. The Morgan fingerprint density at radius 3 is 2.88 bits per heavy atom. The Morgan fingerprint density at radius 2 is 2.15 bits per heavy atom. The van der Waals surface area contributed by atoms with Gasteiger partial charge in [-0.15, -0.1) is 11.3 Å². The number of hydrogen-bond acceptors (Lipinski definition) is 7. The number of nitrogens with one attached hydrogen (secondary N) is 1. The summed E-state index contributed by atoms with van der Waals surface area (Å²) in [6.45, 7) is 0.0689. The zero-order valence-corrected chi connectivity index (χ0v) is 14.8. The normalized spacial score (nSPS) is 21.2. The van der Waals surface area contributed by atoms with Crippen LogP contribution in [-0.2, 0) is 15.9 Å². The SMILES string of the molecule is O=C(O)CC1OB(O)C(NC(O)Cc2cccs2)COc2ccccc21. The third-order valence-electron chi connectivity index (χ3n) is 4.07. The van der Waals surface area contributed by atoms with Gasteiger partial charge in [-0.25, -0.2) is 0 Å². The van der Waals surface area contributed by atoms with E-state index in [1.165, 1.54) is 11.3 Å². The molecule has 1 aromatic heterocycles. The van der Waals surface area contributed by atoms with Crippen molar-refractivity contribution >= 4 is 24.4 Å². The summed E-state index contributed by atoms with van der Waals surface area (Å²) in [7, 11) is -1.33. The second-order valence-electron chi connectivity index (χ2n) is 6.03. The van der Waals surface area contributed by atoms with Crippen LogP contribution in [0.25, 0.3) is 0 Å². The number of aliphatic hydroxyl groups excluding tert-OH is 1. The summed E-state index contributed by atoms with van der Waals surface area (Å²) < 4.78 is 11.4. The molecule has 1 aliphatic rings. The molecule has 0 spiro atoms. The second kappa shape index (κ2) is 8.65. The van der Waals surface area contributed by atoms with Gasteiger partial charge >= 0.3 is 13.1 Å². The van der Waals surface area contributed by atoms with Crippen LogP contribution < -0.4 is 10.1 Å². The van der Waals surface area contributed by atoms with Gasteiger partial charge < -0.3 is 24.6 Å². The molecule has 3 atom stereocenters. The van der Waals surface area contributed by atoms with Crippen LogP contribution in [0.4, 0.5) is 0 Å². The summed E-state index contributed by atoms with van der Waals surface area (Å²) in [6, 6.07) is 10.8. The molecule has 26 heavy (non-hydrogen) atoms. The number of thiophene rings is 1. The molecule has 0 saturated heterocycles. The largest absolute Gasteiger partial charge is 0.492 e. The van der Waals surface area contributed by atoms with Crippen LogP contribution in [-0.4, -0.2) is 47.1 Å². The molecule has 138 valence electrons. The molecule has 0 amide bonds. The first-order valence-electron chi connectivity index (χ1n) is 8.26. The number of hydrogen-bond donors (Lipinski definition) is 4. The van der Waals surface area contributed by atoms with Crippen LogP contribution in [0.2, 0.25) is 0 Å². The van der Waals surface area contributed by atoms with Crippen LogP contribution in [0.15, 0.2) is 41.8 Å². The van der Waals surface area contributed by atoms with E-state index in [4.69, 9.17) is 14.5 Å². The molecule has 1 aliphatic heterocycles. The number of ether oxygens (including phenoxy) is 1. The summed E-state index contributed by atoms with van der Waals surface area (Å²) >= 11 is 1.53. The molecule has 4 N–H and O–H groups in total.